The normalized spacial score (nSPS) is 10.1. The minimum atomic E-state index is 0.488. The van der Waals surface area contributed by atoms with Crippen molar-refractivity contribution in [1.29, 1.82) is 0 Å². The lowest BCUT2D eigenvalue weighted by molar-refractivity contribution is 0.479. The van der Waals surface area contributed by atoms with Gasteiger partial charge in [0, 0.05) is 9.85 Å². The lowest BCUT2D eigenvalue weighted by Crippen LogP contribution is -1.85. The van der Waals surface area contributed by atoms with Crippen LogP contribution in [-0.2, 0) is 0 Å². The third-order valence-corrected chi connectivity index (χ3v) is 2.78. The van der Waals surface area contributed by atoms with Gasteiger partial charge in [0.25, 0.3) is 5.19 Å². The molecule has 0 spiro atoms. The summed E-state index contributed by atoms with van der Waals surface area (Å²) in [7, 11) is 0. The highest BCUT2D eigenvalue weighted by atomic mass is 79.9. The van der Waals surface area contributed by atoms with Crippen LogP contribution in [0.15, 0.2) is 34.1 Å². The molecule has 2 rings (SSSR count). The van der Waals surface area contributed by atoms with Crippen LogP contribution in [0.5, 0.6) is 10.9 Å². The fourth-order valence-corrected chi connectivity index (χ4v) is 1.76. The monoisotopic (exact) mass is 270 g/mol. The van der Waals surface area contributed by atoms with E-state index in [0.717, 1.165) is 10.2 Å². The van der Waals surface area contributed by atoms with Crippen molar-refractivity contribution in [1.82, 2.24) is 4.98 Å². The fourth-order valence-electron chi connectivity index (χ4n) is 0.919. The molecule has 0 aliphatic heterocycles. The van der Waals surface area contributed by atoms with E-state index in [9.17, 15) is 0 Å². The molecule has 0 saturated heterocycles. The number of nitrogens with two attached hydrogens (primary N) is 1. The standard InChI is InChI=1S/C9H7BrN2OS/c10-6-1-3-7(4-2-6)13-9-12-8(11)5-14-9/h1-5H,11H2. The van der Waals surface area contributed by atoms with Gasteiger partial charge in [0.2, 0.25) is 0 Å². The zero-order valence-corrected chi connectivity index (χ0v) is 9.51. The van der Waals surface area contributed by atoms with Crippen molar-refractivity contribution in [3.63, 3.8) is 0 Å². The molecule has 0 fully saturated rings. The summed E-state index contributed by atoms with van der Waals surface area (Å²) in [6.45, 7) is 0. The number of halogens is 1. The van der Waals surface area contributed by atoms with Gasteiger partial charge in [-0.3, -0.25) is 0 Å². The highest BCUT2D eigenvalue weighted by molar-refractivity contribution is 9.10. The Hall–Kier alpha value is -1.07. The van der Waals surface area contributed by atoms with Gasteiger partial charge in [-0.1, -0.05) is 27.3 Å². The number of nitrogen functional groups attached to an aromatic ring is 1. The second-order valence-corrected chi connectivity index (χ2v) is 4.33. The number of ether oxygens (including phenoxy) is 1. The molecule has 0 atom stereocenters. The molecule has 2 aromatic rings. The van der Waals surface area contributed by atoms with Gasteiger partial charge in [-0.05, 0) is 24.3 Å². The number of anilines is 1. The summed E-state index contributed by atoms with van der Waals surface area (Å²) in [5, 5.41) is 2.30. The molecule has 0 aliphatic rings. The molecule has 0 saturated carbocycles. The number of thiazole rings is 1. The van der Waals surface area contributed by atoms with Crippen LogP contribution in [0.2, 0.25) is 0 Å². The van der Waals surface area contributed by atoms with E-state index in [-0.39, 0.29) is 0 Å². The SMILES string of the molecule is Nc1csc(Oc2ccc(Br)cc2)n1. The summed E-state index contributed by atoms with van der Waals surface area (Å²) in [6, 6.07) is 7.54. The van der Waals surface area contributed by atoms with E-state index < -0.39 is 0 Å². The Kier molecular flexibility index (Phi) is 2.69. The highest BCUT2D eigenvalue weighted by Gasteiger charge is 2.01. The summed E-state index contributed by atoms with van der Waals surface area (Å²) in [5.41, 5.74) is 5.47. The van der Waals surface area contributed by atoms with E-state index in [1.165, 1.54) is 11.3 Å². The number of rotatable bonds is 2. The maximum atomic E-state index is 5.47. The summed E-state index contributed by atoms with van der Waals surface area (Å²) < 4.78 is 6.48. The third-order valence-electron chi connectivity index (χ3n) is 1.52. The van der Waals surface area contributed by atoms with Crippen LogP contribution in [0, 0.1) is 0 Å². The van der Waals surface area contributed by atoms with Crippen LogP contribution in [0.3, 0.4) is 0 Å². The molecule has 0 unspecified atom stereocenters. The van der Waals surface area contributed by atoms with Gasteiger partial charge < -0.3 is 10.5 Å². The average molecular weight is 271 g/mol. The van der Waals surface area contributed by atoms with E-state index in [1.54, 1.807) is 5.38 Å². The second-order valence-electron chi connectivity index (χ2n) is 2.59. The van der Waals surface area contributed by atoms with Gasteiger partial charge >= 0.3 is 0 Å². The van der Waals surface area contributed by atoms with Crippen molar-refractivity contribution in [2.24, 2.45) is 0 Å². The molecular formula is C9H7BrN2OS. The lowest BCUT2D eigenvalue weighted by Gasteiger charge is -2.00. The first-order valence-corrected chi connectivity index (χ1v) is 5.56. The minimum Gasteiger partial charge on any atom is -0.431 e. The molecule has 0 bridgehead atoms. The second kappa shape index (κ2) is 3.98. The fraction of sp³-hybridized carbons (Fsp3) is 0. The topological polar surface area (TPSA) is 48.1 Å². The predicted molar refractivity (Wildman–Crippen MR) is 60.7 cm³/mol. The van der Waals surface area contributed by atoms with Crippen LogP contribution in [0.25, 0.3) is 0 Å². The van der Waals surface area contributed by atoms with Crippen molar-refractivity contribution in [3.8, 4) is 10.9 Å². The van der Waals surface area contributed by atoms with Crippen LogP contribution >= 0.6 is 27.3 Å². The van der Waals surface area contributed by atoms with Gasteiger partial charge in [0.15, 0.2) is 0 Å². The van der Waals surface area contributed by atoms with Crippen molar-refractivity contribution < 1.29 is 4.74 Å². The van der Waals surface area contributed by atoms with Crippen LogP contribution in [0.4, 0.5) is 5.82 Å². The smallest absolute Gasteiger partial charge is 0.280 e. The van der Waals surface area contributed by atoms with Gasteiger partial charge in [-0.2, -0.15) is 4.98 Å². The molecule has 14 heavy (non-hydrogen) atoms. The summed E-state index contributed by atoms with van der Waals surface area (Å²) >= 11 is 4.72. The van der Waals surface area contributed by atoms with E-state index in [1.807, 2.05) is 24.3 Å². The first kappa shape index (κ1) is 9.48. The maximum absolute atomic E-state index is 5.47. The predicted octanol–water partition coefficient (Wildman–Crippen LogP) is 3.28. The summed E-state index contributed by atoms with van der Waals surface area (Å²) in [5.74, 6) is 1.24. The molecule has 5 heteroatoms. The quantitative estimate of drug-likeness (QED) is 0.911. The Balaban J connectivity index is 2.15. The number of hydrogen-bond acceptors (Lipinski definition) is 4. The minimum absolute atomic E-state index is 0.488. The van der Waals surface area contributed by atoms with Crippen LogP contribution in [0.1, 0.15) is 0 Å². The Bertz CT molecular complexity index is 427. The summed E-state index contributed by atoms with van der Waals surface area (Å²) in [4.78, 5) is 3.99. The van der Waals surface area contributed by atoms with Gasteiger partial charge in [0.05, 0.1) is 0 Å². The average Bonchev–Trinajstić information content (AvgIpc) is 2.56. The van der Waals surface area contributed by atoms with E-state index in [2.05, 4.69) is 20.9 Å². The van der Waals surface area contributed by atoms with Crippen molar-refractivity contribution in [2.75, 3.05) is 5.73 Å². The first-order chi connectivity index (χ1) is 6.74. The molecule has 1 heterocycles. The van der Waals surface area contributed by atoms with Gasteiger partial charge in [-0.15, -0.1) is 0 Å². The molecule has 0 amide bonds. The molecule has 1 aromatic carbocycles. The van der Waals surface area contributed by atoms with Gasteiger partial charge in [-0.25, -0.2) is 0 Å². The maximum Gasteiger partial charge on any atom is 0.280 e. The Labute approximate surface area is 93.7 Å². The molecule has 2 N–H and O–H groups in total. The van der Waals surface area contributed by atoms with Crippen molar-refractivity contribution in [2.45, 2.75) is 0 Å². The largest absolute Gasteiger partial charge is 0.431 e. The van der Waals surface area contributed by atoms with Crippen molar-refractivity contribution in [3.05, 3.63) is 34.1 Å². The Morgan fingerprint density at radius 1 is 1.29 bits per heavy atom. The highest BCUT2D eigenvalue weighted by Crippen LogP contribution is 2.26. The number of benzene rings is 1. The lowest BCUT2D eigenvalue weighted by atomic mass is 10.3. The van der Waals surface area contributed by atoms with Crippen molar-refractivity contribution >= 4 is 33.1 Å². The number of nitrogens with zero attached hydrogens (tertiary/aromatic N) is 1. The molecule has 72 valence electrons. The Morgan fingerprint density at radius 3 is 2.57 bits per heavy atom. The van der Waals surface area contributed by atoms with Crippen LogP contribution in [-0.4, -0.2) is 4.98 Å². The van der Waals surface area contributed by atoms with E-state index in [0.29, 0.717) is 11.0 Å². The van der Waals surface area contributed by atoms with Gasteiger partial charge in [0.1, 0.15) is 11.6 Å². The molecule has 0 aliphatic carbocycles. The molecule has 1 aromatic heterocycles. The van der Waals surface area contributed by atoms with Crippen LogP contribution < -0.4 is 10.5 Å². The molecule has 3 nitrogen and oxygen atoms in total. The zero-order valence-electron chi connectivity index (χ0n) is 7.11. The Morgan fingerprint density at radius 2 is 2.00 bits per heavy atom. The molecular weight excluding hydrogens is 264 g/mol. The number of hydrogen-bond donors (Lipinski definition) is 1. The zero-order chi connectivity index (χ0) is 9.97. The number of aromatic nitrogens is 1. The first-order valence-electron chi connectivity index (χ1n) is 3.88. The molecule has 0 radical (unpaired) electrons. The third kappa shape index (κ3) is 2.24. The van der Waals surface area contributed by atoms with E-state index in [4.69, 9.17) is 10.5 Å². The van der Waals surface area contributed by atoms with E-state index >= 15 is 0 Å². The summed E-state index contributed by atoms with van der Waals surface area (Å²) in [6.07, 6.45) is 0.